The van der Waals surface area contributed by atoms with Crippen LogP contribution in [0.3, 0.4) is 0 Å². The van der Waals surface area contributed by atoms with E-state index in [1.807, 2.05) is 53.1 Å². The molecule has 0 unspecified atom stereocenters. The number of rotatable bonds is 8. The van der Waals surface area contributed by atoms with Crippen LogP contribution in [-0.2, 0) is 35.6 Å². The van der Waals surface area contributed by atoms with Crippen LogP contribution < -0.4 is 5.32 Å². The minimum atomic E-state index is -0.404. The number of halogens is 1. The zero-order valence-electron chi connectivity index (χ0n) is 22.6. The lowest BCUT2D eigenvalue weighted by atomic mass is 10.0. The predicted molar refractivity (Wildman–Crippen MR) is 159 cm³/mol. The van der Waals surface area contributed by atoms with Crippen LogP contribution in [0.15, 0.2) is 65.7 Å². The Kier molecular flexibility index (Phi) is 7.42. The first-order valence-corrected chi connectivity index (χ1v) is 14.5. The van der Waals surface area contributed by atoms with Gasteiger partial charge in [-0.3, -0.25) is 19.1 Å². The average Bonchev–Trinajstić information content (AvgIpc) is 3.66. The second-order valence-electron chi connectivity index (χ2n) is 9.49. The third-order valence-electron chi connectivity index (χ3n) is 6.91. The number of aliphatic imine (C=N–C) groups is 1. The van der Waals surface area contributed by atoms with Crippen molar-refractivity contribution in [1.82, 2.24) is 24.6 Å². The van der Waals surface area contributed by atoms with Crippen LogP contribution in [0, 0.1) is 0 Å². The minimum absolute atomic E-state index is 0.0619. The number of carbonyl (C=O) groups is 2. The van der Waals surface area contributed by atoms with Gasteiger partial charge in [-0.2, -0.15) is 0 Å². The number of benzene rings is 2. The molecule has 0 atom stereocenters. The number of ether oxygens (including phenoxy) is 1. The van der Waals surface area contributed by atoms with Gasteiger partial charge in [0.05, 0.1) is 18.9 Å². The summed E-state index contributed by atoms with van der Waals surface area (Å²) in [5.41, 5.74) is 3.99. The van der Waals surface area contributed by atoms with Crippen LogP contribution in [0.1, 0.15) is 52.0 Å². The molecular weight excluding hydrogens is 560 g/mol. The van der Waals surface area contributed by atoms with Crippen LogP contribution >= 0.6 is 22.9 Å². The van der Waals surface area contributed by atoms with Gasteiger partial charge in [-0.25, -0.2) is 0 Å². The monoisotopic (exact) mass is 586 g/mol. The van der Waals surface area contributed by atoms with Crippen molar-refractivity contribution in [2.75, 3.05) is 6.61 Å². The predicted octanol–water partition coefficient (Wildman–Crippen LogP) is 5.34. The highest BCUT2D eigenvalue weighted by molar-refractivity contribution is 7.15. The molecule has 1 N–H and O–H groups in total. The van der Waals surface area contributed by atoms with Crippen molar-refractivity contribution in [2.45, 2.75) is 39.9 Å². The first-order chi connectivity index (χ1) is 20.0. The van der Waals surface area contributed by atoms with E-state index < -0.39 is 5.97 Å². The third kappa shape index (κ3) is 5.16. The molecule has 5 aromatic rings. The van der Waals surface area contributed by atoms with Gasteiger partial charge in [0.25, 0.3) is 5.91 Å². The molecule has 0 spiro atoms. The quantitative estimate of drug-likeness (QED) is 0.247. The van der Waals surface area contributed by atoms with E-state index in [2.05, 4.69) is 28.5 Å². The molecule has 1 amide bonds. The van der Waals surface area contributed by atoms with Crippen LogP contribution in [-0.4, -0.2) is 43.5 Å². The molecule has 1 aliphatic heterocycles. The zero-order valence-corrected chi connectivity index (χ0v) is 24.1. The van der Waals surface area contributed by atoms with Crippen molar-refractivity contribution < 1.29 is 14.3 Å². The molecule has 6 rings (SSSR count). The van der Waals surface area contributed by atoms with Crippen molar-refractivity contribution in [1.29, 1.82) is 0 Å². The lowest BCUT2D eigenvalue weighted by Crippen LogP contribution is -2.28. The molecule has 2 aromatic carbocycles. The fourth-order valence-electron chi connectivity index (χ4n) is 4.99. The second-order valence-corrected chi connectivity index (χ2v) is 11.0. The molecule has 1 aliphatic rings. The Balaban J connectivity index is 1.31. The van der Waals surface area contributed by atoms with Gasteiger partial charge in [0.1, 0.15) is 23.8 Å². The van der Waals surface area contributed by atoms with Gasteiger partial charge < -0.3 is 14.6 Å². The molecule has 0 bridgehead atoms. The van der Waals surface area contributed by atoms with Gasteiger partial charge in [-0.15, -0.1) is 21.5 Å². The van der Waals surface area contributed by atoms with E-state index in [-0.39, 0.29) is 25.6 Å². The average molecular weight is 587 g/mol. The second kappa shape index (κ2) is 11.3. The van der Waals surface area contributed by atoms with E-state index in [0.717, 1.165) is 39.2 Å². The molecule has 0 aliphatic carbocycles. The van der Waals surface area contributed by atoms with E-state index in [1.54, 1.807) is 28.9 Å². The van der Waals surface area contributed by atoms with Gasteiger partial charge in [0.15, 0.2) is 11.6 Å². The van der Waals surface area contributed by atoms with Crippen molar-refractivity contribution in [3.8, 4) is 5.00 Å². The fourth-order valence-corrected chi connectivity index (χ4v) is 6.25. The number of thiophene rings is 1. The Labute approximate surface area is 245 Å². The molecule has 4 heterocycles. The smallest absolute Gasteiger partial charge is 0.325 e. The van der Waals surface area contributed by atoms with Gasteiger partial charge in [0, 0.05) is 31.9 Å². The van der Waals surface area contributed by atoms with Crippen LogP contribution in [0.2, 0.25) is 5.02 Å². The molecule has 11 heteroatoms. The molecule has 0 saturated carbocycles. The molecule has 208 valence electrons. The van der Waals surface area contributed by atoms with E-state index in [9.17, 15) is 9.59 Å². The largest absolute Gasteiger partial charge is 0.465 e. The molecule has 3 aromatic heterocycles. The molecule has 0 fully saturated rings. The summed E-state index contributed by atoms with van der Waals surface area (Å²) in [5, 5.41) is 14.3. The standard InChI is InChI=1S/C30H27ClN6O3S/c1-3-21-14-22-28(18-9-11-20(31)12-10-18)32-15-25-34-35-26(37(25)30(22)41-21)16-33-29(39)24-13-19-7-5-6-8-23(19)36(24)17-27(38)40-4-2/h5-14H,3-4,15-17H2,1-2H3,(H,33,39). The first kappa shape index (κ1) is 26.9. The van der Waals surface area contributed by atoms with Gasteiger partial charge in [0.2, 0.25) is 0 Å². The molecular formula is C30H27ClN6O3S. The first-order valence-electron chi connectivity index (χ1n) is 13.4. The van der Waals surface area contributed by atoms with E-state index in [1.165, 1.54) is 4.88 Å². The summed E-state index contributed by atoms with van der Waals surface area (Å²) < 4.78 is 8.84. The number of aromatic nitrogens is 4. The minimum Gasteiger partial charge on any atom is -0.465 e. The Bertz CT molecular complexity index is 1800. The number of nitrogens with zero attached hydrogens (tertiary/aromatic N) is 5. The Morgan fingerprint density at radius 3 is 2.66 bits per heavy atom. The SMILES string of the molecule is CCOC(=O)Cn1c(C(=O)NCc2nnc3n2-c2sc(CC)cc2C(c2ccc(Cl)cc2)=NC3)cc2ccccc21. The van der Waals surface area contributed by atoms with Crippen LogP contribution in [0.5, 0.6) is 0 Å². The Hall–Kier alpha value is -4.28. The topological polar surface area (TPSA) is 103 Å². The number of amides is 1. The van der Waals surface area contributed by atoms with Crippen molar-refractivity contribution in [3.05, 3.63) is 99.0 Å². The van der Waals surface area contributed by atoms with Crippen LogP contribution in [0.4, 0.5) is 0 Å². The normalized spacial score (nSPS) is 12.4. The van der Waals surface area contributed by atoms with Crippen LogP contribution in [0.25, 0.3) is 15.9 Å². The molecule has 0 radical (unpaired) electrons. The lowest BCUT2D eigenvalue weighted by Gasteiger charge is -2.12. The van der Waals surface area contributed by atoms with E-state index in [0.29, 0.717) is 28.9 Å². The number of nitrogens with one attached hydrogen (secondary N) is 1. The maximum absolute atomic E-state index is 13.5. The highest BCUT2D eigenvalue weighted by Crippen LogP contribution is 2.33. The number of fused-ring (bicyclic) bond motifs is 4. The number of hydrogen-bond acceptors (Lipinski definition) is 7. The van der Waals surface area contributed by atoms with E-state index >= 15 is 0 Å². The maximum atomic E-state index is 13.5. The maximum Gasteiger partial charge on any atom is 0.325 e. The van der Waals surface area contributed by atoms with E-state index in [4.69, 9.17) is 21.3 Å². The number of para-hydroxylation sites is 1. The Morgan fingerprint density at radius 1 is 1.07 bits per heavy atom. The number of carbonyl (C=O) groups excluding carboxylic acids is 2. The highest BCUT2D eigenvalue weighted by Gasteiger charge is 2.26. The number of aryl methyl sites for hydroxylation is 1. The lowest BCUT2D eigenvalue weighted by molar-refractivity contribution is -0.143. The van der Waals surface area contributed by atoms with Gasteiger partial charge in [-0.1, -0.05) is 48.9 Å². The highest BCUT2D eigenvalue weighted by atomic mass is 35.5. The molecule has 9 nitrogen and oxygen atoms in total. The Morgan fingerprint density at radius 2 is 1.88 bits per heavy atom. The van der Waals surface area contributed by atoms with Crippen molar-refractivity contribution in [3.63, 3.8) is 0 Å². The summed E-state index contributed by atoms with van der Waals surface area (Å²) in [6.45, 7) is 4.57. The van der Waals surface area contributed by atoms with Crippen molar-refractivity contribution >= 4 is 51.4 Å². The summed E-state index contributed by atoms with van der Waals surface area (Å²) in [5.74, 6) is 0.564. The zero-order chi connectivity index (χ0) is 28.5. The fraction of sp³-hybridized carbons (Fsp3) is 0.233. The summed E-state index contributed by atoms with van der Waals surface area (Å²) in [6.07, 6.45) is 0.875. The van der Waals surface area contributed by atoms with Gasteiger partial charge in [-0.05, 0) is 43.7 Å². The number of esters is 1. The summed E-state index contributed by atoms with van der Waals surface area (Å²) in [4.78, 5) is 32.0. The summed E-state index contributed by atoms with van der Waals surface area (Å²) in [7, 11) is 0. The van der Waals surface area contributed by atoms with Gasteiger partial charge >= 0.3 is 5.97 Å². The molecule has 0 saturated heterocycles. The molecule has 41 heavy (non-hydrogen) atoms. The van der Waals surface area contributed by atoms with Crippen molar-refractivity contribution in [2.24, 2.45) is 4.99 Å². The summed E-state index contributed by atoms with van der Waals surface area (Å²) in [6, 6.07) is 19.2. The third-order valence-corrected chi connectivity index (χ3v) is 8.42. The summed E-state index contributed by atoms with van der Waals surface area (Å²) >= 11 is 7.81. The number of hydrogen-bond donors (Lipinski definition) is 1.